The van der Waals surface area contributed by atoms with Gasteiger partial charge in [-0.15, -0.1) is 11.3 Å². The summed E-state index contributed by atoms with van der Waals surface area (Å²) in [6.45, 7) is 2.47. The molecule has 3 aromatic rings. The minimum absolute atomic E-state index is 0.142. The van der Waals surface area contributed by atoms with Crippen LogP contribution in [0.15, 0.2) is 35.3 Å². The molecule has 0 bridgehead atoms. The molecule has 1 aliphatic heterocycles. The minimum atomic E-state index is -0.329. The van der Waals surface area contributed by atoms with Crippen LogP contribution in [0.4, 0.5) is 9.93 Å². The third-order valence-electron chi connectivity index (χ3n) is 4.86. The predicted molar refractivity (Wildman–Crippen MR) is 108 cm³/mol. The van der Waals surface area contributed by atoms with Crippen LogP contribution in [0, 0.1) is 6.92 Å². The number of aliphatic hydroxyl groups excluding tert-OH is 1. The van der Waals surface area contributed by atoms with Gasteiger partial charge in [0.1, 0.15) is 5.82 Å². The van der Waals surface area contributed by atoms with E-state index in [0.29, 0.717) is 34.8 Å². The first-order valence-corrected chi connectivity index (χ1v) is 10.0. The molecule has 3 heterocycles. The zero-order valence-corrected chi connectivity index (χ0v) is 16.3. The average molecular weight is 399 g/mol. The number of hydrogen-bond acceptors (Lipinski definition) is 6. The predicted octanol–water partition coefficient (Wildman–Crippen LogP) is 2.52. The maximum Gasteiger partial charge on any atom is 0.324 e. The van der Waals surface area contributed by atoms with Gasteiger partial charge in [-0.3, -0.25) is 14.7 Å². The summed E-state index contributed by atoms with van der Waals surface area (Å²) in [5.74, 6) is 0.515. The first kappa shape index (κ1) is 18.6. The number of benzene rings is 1. The third kappa shape index (κ3) is 3.38. The smallest absolute Gasteiger partial charge is 0.324 e. The van der Waals surface area contributed by atoms with Gasteiger partial charge in [0.2, 0.25) is 0 Å². The average Bonchev–Trinajstić information content (AvgIpc) is 3.33. The Labute approximate surface area is 165 Å². The van der Waals surface area contributed by atoms with E-state index in [0.717, 1.165) is 11.3 Å². The number of rotatable bonds is 4. The number of carbonyl (C=O) groups is 1. The van der Waals surface area contributed by atoms with E-state index in [-0.39, 0.29) is 30.8 Å². The second-order valence-corrected chi connectivity index (χ2v) is 7.96. The summed E-state index contributed by atoms with van der Waals surface area (Å²) in [6.07, 6.45) is 3.24. The monoisotopic (exact) mass is 399 g/mol. The Kier molecular flexibility index (Phi) is 5.10. The van der Waals surface area contributed by atoms with Gasteiger partial charge in [-0.25, -0.2) is 14.8 Å². The van der Waals surface area contributed by atoms with E-state index in [4.69, 9.17) is 4.98 Å². The van der Waals surface area contributed by atoms with Gasteiger partial charge in [0.25, 0.3) is 5.56 Å². The van der Waals surface area contributed by atoms with Crippen LogP contribution in [0.5, 0.6) is 0 Å². The number of thiazole rings is 1. The highest BCUT2D eigenvalue weighted by Gasteiger charge is 2.34. The van der Waals surface area contributed by atoms with Crippen molar-refractivity contribution in [2.24, 2.45) is 0 Å². The molecule has 146 valence electrons. The van der Waals surface area contributed by atoms with Gasteiger partial charge in [0.05, 0.1) is 30.1 Å². The van der Waals surface area contributed by atoms with Crippen LogP contribution in [0.1, 0.15) is 29.6 Å². The summed E-state index contributed by atoms with van der Waals surface area (Å²) >= 11 is 1.41. The van der Waals surface area contributed by atoms with Crippen molar-refractivity contribution in [2.45, 2.75) is 32.4 Å². The van der Waals surface area contributed by atoms with E-state index < -0.39 is 0 Å². The summed E-state index contributed by atoms with van der Waals surface area (Å²) < 4.78 is 1.49. The lowest BCUT2D eigenvalue weighted by Gasteiger charge is -2.26. The number of para-hydroxylation sites is 1. The Morgan fingerprint density at radius 1 is 1.39 bits per heavy atom. The number of aromatic nitrogens is 3. The Bertz CT molecular complexity index is 1080. The summed E-state index contributed by atoms with van der Waals surface area (Å²) in [5.41, 5.74) is 0.400. The molecular weight excluding hydrogens is 378 g/mol. The van der Waals surface area contributed by atoms with Gasteiger partial charge in [-0.1, -0.05) is 12.1 Å². The van der Waals surface area contributed by atoms with Gasteiger partial charge < -0.3 is 10.0 Å². The number of nitrogens with one attached hydrogen (secondary N) is 1. The molecule has 8 nitrogen and oxygen atoms in total. The number of aliphatic hydroxyl groups is 1. The normalized spacial score (nSPS) is 16.6. The Hall–Kier alpha value is -2.78. The van der Waals surface area contributed by atoms with Crippen molar-refractivity contribution in [1.82, 2.24) is 19.4 Å². The van der Waals surface area contributed by atoms with Crippen molar-refractivity contribution in [2.75, 3.05) is 18.5 Å². The van der Waals surface area contributed by atoms with Crippen molar-refractivity contribution in [3.63, 3.8) is 0 Å². The summed E-state index contributed by atoms with van der Waals surface area (Å²) in [6, 6.07) is 6.56. The van der Waals surface area contributed by atoms with E-state index in [1.54, 1.807) is 29.3 Å². The molecule has 2 amide bonds. The fourth-order valence-electron chi connectivity index (χ4n) is 3.61. The summed E-state index contributed by atoms with van der Waals surface area (Å²) in [5, 5.41) is 13.4. The molecule has 1 atom stereocenters. The molecule has 2 aromatic heterocycles. The number of amides is 2. The fourth-order valence-corrected chi connectivity index (χ4v) is 4.26. The number of anilines is 1. The second-order valence-electron chi connectivity index (χ2n) is 6.73. The standard InChI is InChI=1S/C19H21N5O3S/c1-12-11-20-18(28-12)22-19(27)23-8-4-7-15(23)16-21-14-6-3-2-5-13(14)17(26)24(16)9-10-25/h2-3,5-6,11,15,25H,4,7-10H2,1H3,(H,20,22,27). The first-order chi connectivity index (χ1) is 13.6. The van der Waals surface area contributed by atoms with E-state index in [2.05, 4.69) is 10.3 Å². The number of hydrogen-bond donors (Lipinski definition) is 2. The largest absolute Gasteiger partial charge is 0.395 e. The minimum Gasteiger partial charge on any atom is -0.395 e. The third-order valence-corrected chi connectivity index (χ3v) is 5.69. The summed E-state index contributed by atoms with van der Waals surface area (Å²) in [7, 11) is 0. The molecule has 1 aromatic carbocycles. The van der Waals surface area contributed by atoms with Gasteiger partial charge in [-0.05, 0) is 31.9 Å². The highest BCUT2D eigenvalue weighted by Crippen LogP contribution is 2.32. The van der Waals surface area contributed by atoms with Crippen molar-refractivity contribution in [3.8, 4) is 0 Å². The lowest BCUT2D eigenvalue weighted by Crippen LogP contribution is -2.38. The van der Waals surface area contributed by atoms with Crippen LogP contribution in [-0.2, 0) is 6.54 Å². The molecule has 2 N–H and O–H groups in total. The molecule has 0 spiro atoms. The molecule has 1 saturated heterocycles. The van der Waals surface area contributed by atoms with E-state index in [9.17, 15) is 14.7 Å². The van der Waals surface area contributed by atoms with E-state index in [1.165, 1.54) is 15.9 Å². The molecule has 0 saturated carbocycles. The molecule has 0 aliphatic carbocycles. The second kappa shape index (κ2) is 7.69. The molecule has 9 heteroatoms. The van der Waals surface area contributed by atoms with Crippen molar-refractivity contribution in [1.29, 1.82) is 0 Å². The molecule has 1 unspecified atom stereocenters. The first-order valence-electron chi connectivity index (χ1n) is 9.19. The quantitative estimate of drug-likeness (QED) is 0.702. The van der Waals surface area contributed by atoms with Gasteiger partial charge in [-0.2, -0.15) is 0 Å². The molecule has 4 rings (SSSR count). The molecular formula is C19H21N5O3S. The van der Waals surface area contributed by atoms with Crippen molar-refractivity contribution >= 4 is 33.4 Å². The SMILES string of the molecule is Cc1cnc(NC(=O)N2CCCC2c2nc3ccccc3c(=O)n2CCO)s1. The molecule has 0 radical (unpaired) electrons. The van der Waals surface area contributed by atoms with Crippen molar-refractivity contribution < 1.29 is 9.90 Å². The van der Waals surface area contributed by atoms with Gasteiger partial charge >= 0.3 is 6.03 Å². The lowest BCUT2D eigenvalue weighted by molar-refractivity contribution is 0.201. The van der Waals surface area contributed by atoms with Crippen LogP contribution < -0.4 is 10.9 Å². The number of nitrogens with zero attached hydrogens (tertiary/aromatic N) is 4. The number of urea groups is 1. The van der Waals surface area contributed by atoms with E-state index in [1.807, 2.05) is 13.0 Å². The maximum absolute atomic E-state index is 13.0. The Balaban J connectivity index is 1.72. The van der Waals surface area contributed by atoms with Crippen LogP contribution in [0.3, 0.4) is 0 Å². The summed E-state index contributed by atoms with van der Waals surface area (Å²) in [4.78, 5) is 37.4. The topological polar surface area (TPSA) is 100 Å². The lowest BCUT2D eigenvalue weighted by atomic mass is 10.1. The van der Waals surface area contributed by atoms with Crippen LogP contribution >= 0.6 is 11.3 Å². The highest BCUT2D eigenvalue weighted by molar-refractivity contribution is 7.15. The zero-order chi connectivity index (χ0) is 19.7. The molecule has 1 aliphatic rings. The molecule has 1 fully saturated rings. The van der Waals surface area contributed by atoms with Gasteiger partial charge in [0.15, 0.2) is 5.13 Å². The maximum atomic E-state index is 13.0. The van der Waals surface area contributed by atoms with Gasteiger partial charge in [0, 0.05) is 17.6 Å². The Morgan fingerprint density at radius 2 is 2.21 bits per heavy atom. The highest BCUT2D eigenvalue weighted by atomic mass is 32.1. The number of likely N-dealkylation sites (tertiary alicyclic amines) is 1. The number of aryl methyl sites for hydroxylation is 1. The van der Waals surface area contributed by atoms with Crippen LogP contribution in [0.25, 0.3) is 10.9 Å². The van der Waals surface area contributed by atoms with Crippen molar-refractivity contribution in [3.05, 3.63) is 51.5 Å². The number of fused-ring (bicyclic) bond motifs is 1. The fraction of sp³-hybridized carbons (Fsp3) is 0.368. The van der Waals surface area contributed by atoms with E-state index >= 15 is 0 Å². The number of carbonyl (C=O) groups excluding carboxylic acids is 1. The van der Waals surface area contributed by atoms with Crippen LogP contribution in [0.2, 0.25) is 0 Å². The Morgan fingerprint density at radius 3 is 2.96 bits per heavy atom. The zero-order valence-electron chi connectivity index (χ0n) is 15.5. The molecule has 28 heavy (non-hydrogen) atoms. The van der Waals surface area contributed by atoms with Crippen LogP contribution in [-0.4, -0.2) is 43.7 Å².